The normalized spacial score (nSPS) is 28.3. The fraction of sp³-hybridized carbons (Fsp3) is 0.389. The molecule has 1 heteroatoms. The first-order valence-corrected chi connectivity index (χ1v) is 7.33. The molecule has 0 aromatic heterocycles. The van der Waals surface area contributed by atoms with E-state index in [-0.39, 0.29) is 0 Å². The van der Waals surface area contributed by atoms with Crippen LogP contribution in [0.4, 0.5) is 0 Å². The first-order chi connectivity index (χ1) is 9.33. The summed E-state index contributed by atoms with van der Waals surface area (Å²) in [5.41, 5.74) is 1.17. The third-order valence-electron chi connectivity index (χ3n) is 4.97. The van der Waals surface area contributed by atoms with E-state index in [1.807, 2.05) is 0 Å². The molecule has 2 atom stereocenters. The van der Waals surface area contributed by atoms with Crippen LogP contribution in [-0.2, 0) is 11.2 Å². The standard InChI is InChI=1S/C18H18O/c19-17(18-15-6-3-7-16(15)18)11-12-8-9-13-4-1-2-5-14(13)10-12/h1-2,4-5,8-10,15-16,18H,3,6-7,11H2. The zero-order chi connectivity index (χ0) is 12.8. The summed E-state index contributed by atoms with van der Waals surface area (Å²) in [5.74, 6) is 2.37. The number of carbonyl (C=O) groups is 1. The van der Waals surface area contributed by atoms with E-state index >= 15 is 0 Å². The summed E-state index contributed by atoms with van der Waals surface area (Å²) in [4.78, 5) is 12.3. The van der Waals surface area contributed by atoms with Gasteiger partial charge in [-0.2, -0.15) is 0 Å². The number of rotatable bonds is 3. The maximum atomic E-state index is 12.3. The van der Waals surface area contributed by atoms with Gasteiger partial charge in [-0.1, -0.05) is 48.9 Å². The molecule has 2 aliphatic carbocycles. The Hall–Kier alpha value is -1.63. The topological polar surface area (TPSA) is 17.1 Å². The van der Waals surface area contributed by atoms with Gasteiger partial charge in [-0.05, 0) is 41.0 Å². The molecule has 96 valence electrons. The minimum absolute atomic E-state index is 0.403. The highest BCUT2D eigenvalue weighted by molar-refractivity contribution is 5.89. The Bertz CT molecular complexity index is 633. The summed E-state index contributed by atoms with van der Waals surface area (Å²) in [6, 6.07) is 14.8. The van der Waals surface area contributed by atoms with Crippen LogP contribution in [0.3, 0.4) is 0 Å². The Balaban J connectivity index is 1.53. The van der Waals surface area contributed by atoms with Crippen molar-refractivity contribution in [2.75, 3.05) is 0 Å². The highest BCUT2D eigenvalue weighted by Gasteiger charge is 2.55. The zero-order valence-corrected chi connectivity index (χ0v) is 11.0. The molecule has 2 aliphatic rings. The lowest BCUT2D eigenvalue weighted by molar-refractivity contribution is -0.120. The number of carbonyl (C=O) groups excluding carboxylic acids is 1. The van der Waals surface area contributed by atoms with E-state index in [1.54, 1.807) is 0 Å². The van der Waals surface area contributed by atoms with Gasteiger partial charge in [-0.25, -0.2) is 0 Å². The van der Waals surface area contributed by atoms with Crippen molar-refractivity contribution in [2.24, 2.45) is 17.8 Å². The maximum absolute atomic E-state index is 12.3. The maximum Gasteiger partial charge on any atom is 0.140 e. The van der Waals surface area contributed by atoms with Crippen LogP contribution in [-0.4, -0.2) is 5.78 Å². The lowest BCUT2D eigenvalue weighted by Gasteiger charge is -2.05. The van der Waals surface area contributed by atoms with E-state index in [0.717, 1.165) is 11.8 Å². The van der Waals surface area contributed by atoms with Gasteiger partial charge in [-0.3, -0.25) is 4.79 Å². The number of hydrogen-bond donors (Lipinski definition) is 0. The van der Waals surface area contributed by atoms with Gasteiger partial charge in [-0.15, -0.1) is 0 Å². The smallest absolute Gasteiger partial charge is 0.140 e. The molecule has 19 heavy (non-hydrogen) atoms. The second-order valence-electron chi connectivity index (χ2n) is 6.11. The molecule has 0 bridgehead atoms. The molecule has 4 rings (SSSR count). The first-order valence-electron chi connectivity index (χ1n) is 7.33. The third kappa shape index (κ3) is 1.88. The van der Waals surface area contributed by atoms with Crippen molar-refractivity contribution in [1.82, 2.24) is 0 Å². The van der Waals surface area contributed by atoms with Crippen LogP contribution in [0.25, 0.3) is 10.8 Å². The minimum Gasteiger partial charge on any atom is -0.299 e. The van der Waals surface area contributed by atoms with Crippen LogP contribution in [0.15, 0.2) is 42.5 Å². The summed E-state index contributed by atoms with van der Waals surface area (Å²) in [7, 11) is 0. The van der Waals surface area contributed by atoms with Gasteiger partial charge in [0.2, 0.25) is 0 Å². The summed E-state index contributed by atoms with van der Waals surface area (Å²) >= 11 is 0. The van der Waals surface area contributed by atoms with Crippen molar-refractivity contribution < 1.29 is 4.79 Å². The van der Waals surface area contributed by atoms with Gasteiger partial charge in [0.1, 0.15) is 5.78 Å². The first kappa shape index (κ1) is 11.2. The lowest BCUT2D eigenvalue weighted by Crippen LogP contribution is -2.09. The number of hydrogen-bond acceptors (Lipinski definition) is 1. The average Bonchev–Trinajstić information content (AvgIpc) is 2.93. The average molecular weight is 250 g/mol. The van der Waals surface area contributed by atoms with Crippen LogP contribution in [0.1, 0.15) is 24.8 Å². The molecule has 2 aromatic rings. The van der Waals surface area contributed by atoms with E-state index in [2.05, 4.69) is 42.5 Å². The van der Waals surface area contributed by atoms with Crippen molar-refractivity contribution >= 4 is 16.6 Å². The molecule has 0 N–H and O–H groups in total. The summed E-state index contributed by atoms with van der Waals surface area (Å²) in [6.45, 7) is 0. The van der Waals surface area contributed by atoms with Crippen molar-refractivity contribution in [3.8, 4) is 0 Å². The van der Waals surface area contributed by atoms with Crippen molar-refractivity contribution in [1.29, 1.82) is 0 Å². The highest BCUT2D eigenvalue weighted by atomic mass is 16.1. The molecule has 0 amide bonds. The second-order valence-corrected chi connectivity index (χ2v) is 6.11. The van der Waals surface area contributed by atoms with E-state index in [0.29, 0.717) is 18.1 Å². The minimum atomic E-state index is 0.403. The fourth-order valence-corrected chi connectivity index (χ4v) is 3.97. The van der Waals surface area contributed by atoms with Crippen molar-refractivity contribution in [2.45, 2.75) is 25.7 Å². The lowest BCUT2D eigenvalue weighted by atomic mass is 9.99. The zero-order valence-electron chi connectivity index (χ0n) is 11.0. The van der Waals surface area contributed by atoms with E-state index in [4.69, 9.17) is 0 Å². The Morgan fingerprint density at radius 1 is 1.00 bits per heavy atom. The van der Waals surface area contributed by atoms with Crippen LogP contribution in [0.5, 0.6) is 0 Å². The van der Waals surface area contributed by atoms with Crippen LogP contribution in [0, 0.1) is 17.8 Å². The Morgan fingerprint density at radius 2 is 1.74 bits per heavy atom. The van der Waals surface area contributed by atoms with Gasteiger partial charge in [0.25, 0.3) is 0 Å². The van der Waals surface area contributed by atoms with Gasteiger partial charge < -0.3 is 0 Å². The molecule has 2 aromatic carbocycles. The molecule has 0 aliphatic heterocycles. The SMILES string of the molecule is O=C(Cc1ccc2ccccc2c1)C1C2CCCC21. The van der Waals surface area contributed by atoms with Crippen LogP contribution >= 0.6 is 0 Å². The number of benzene rings is 2. The Kier molecular flexibility index (Phi) is 2.48. The van der Waals surface area contributed by atoms with Crippen LogP contribution < -0.4 is 0 Å². The van der Waals surface area contributed by atoms with E-state index in [9.17, 15) is 4.79 Å². The Morgan fingerprint density at radius 3 is 2.53 bits per heavy atom. The van der Waals surface area contributed by atoms with E-state index in [1.165, 1.54) is 35.6 Å². The fourth-order valence-electron chi connectivity index (χ4n) is 3.97. The summed E-state index contributed by atoms with van der Waals surface area (Å²) in [6.07, 6.45) is 4.55. The predicted octanol–water partition coefficient (Wildman–Crippen LogP) is 4.00. The number of fused-ring (bicyclic) bond motifs is 2. The molecular weight excluding hydrogens is 232 g/mol. The van der Waals surface area contributed by atoms with Gasteiger partial charge >= 0.3 is 0 Å². The number of ketones is 1. The molecule has 2 unspecified atom stereocenters. The molecule has 2 saturated carbocycles. The van der Waals surface area contributed by atoms with Crippen LogP contribution in [0.2, 0.25) is 0 Å². The molecule has 1 nitrogen and oxygen atoms in total. The summed E-state index contributed by atoms with van der Waals surface area (Å²) < 4.78 is 0. The number of Topliss-reactive ketones (excluding diaryl/α,β-unsaturated/α-hetero) is 1. The molecular formula is C18H18O. The largest absolute Gasteiger partial charge is 0.299 e. The molecule has 0 heterocycles. The summed E-state index contributed by atoms with van der Waals surface area (Å²) in [5, 5.41) is 2.49. The quantitative estimate of drug-likeness (QED) is 0.804. The second kappa shape index (κ2) is 4.19. The van der Waals surface area contributed by atoms with Crippen molar-refractivity contribution in [3.05, 3.63) is 48.0 Å². The van der Waals surface area contributed by atoms with Gasteiger partial charge in [0.05, 0.1) is 0 Å². The van der Waals surface area contributed by atoms with Gasteiger partial charge in [0.15, 0.2) is 0 Å². The molecule has 0 saturated heterocycles. The van der Waals surface area contributed by atoms with Crippen molar-refractivity contribution in [3.63, 3.8) is 0 Å². The van der Waals surface area contributed by atoms with Gasteiger partial charge in [0, 0.05) is 12.3 Å². The monoisotopic (exact) mass is 250 g/mol. The van der Waals surface area contributed by atoms with E-state index < -0.39 is 0 Å². The predicted molar refractivity (Wildman–Crippen MR) is 77.0 cm³/mol. The molecule has 0 spiro atoms. The Labute approximate surface area is 113 Å². The molecule has 0 radical (unpaired) electrons. The highest BCUT2D eigenvalue weighted by Crippen LogP contribution is 2.58. The molecule has 2 fully saturated rings. The third-order valence-corrected chi connectivity index (χ3v) is 4.97.